The van der Waals surface area contributed by atoms with E-state index in [1.54, 1.807) is 0 Å². The number of carbonyl (C=O) groups excluding carboxylic acids is 2. The van der Waals surface area contributed by atoms with E-state index in [4.69, 9.17) is 9.47 Å². The second kappa shape index (κ2) is 4.82. The molecule has 1 fully saturated rings. The Balaban J connectivity index is 2.55. The number of hydrogen-bond donors (Lipinski definition) is 0. The molecule has 0 aromatic heterocycles. The first-order chi connectivity index (χ1) is 7.33. The van der Waals surface area contributed by atoms with Crippen molar-refractivity contribution in [3.8, 4) is 0 Å². The Morgan fingerprint density at radius 1 is 1.44 bits per heavy atom. The van der Waals surface area contributed by atoms with Gasteiger partial charge in [-0.3, -0.25) is 4.79 Å². The zero-order chi connectivity index (χ0) is 12.3. The molecule has 1 aliphatic rings. The van der Waals surface area contributed by atoms with Gasteiger partial charge in [0.05, 0.1) is 6.54 Å². The number of hydrogen-bond acceptors (Lipinski definition) is 4. The first-order valence-electron chi connectivity index (χ1n) is 5.37. The molecule has 92 valence electrons. The molecular formula is C11H19NO4. The SMILES string of the molecule is CO[C@@H]1CN(C(=O)OC(C)(C)C)CCC1=O. The van der Waals surface area contributed by atoms with Crippen LogP contribution in [-0.2, 0) is 14.3 Å². The standard InChI is InChI=1S/C11H19NO4/c1-11(2,3)16-10(14)12-6-5-8(13)9(7-12)15-4/h9H,5-7H2,1-4H3/t9-/m1/s1. The molecule has 1 saturated heterocycles. The van der Waals surface area contributed by atoms with E-state index in [1.165, 1.54) is 12.0 Å². The Labute approximate surface area is 95.7 Å². The second-order valence-electron chi connectivity index (χ2n) is 4.87. The van der Waals surface area contributed by atoms with Gasteiger partial charge in [-0.25, -0.2) is 4.79 Å². The normalized spacial score (nSPS) is 22.1. The molecule has 1 heterocycles. The minimum Gasteiger partial charge on any atom is -0.444 e. The number of ketones is 1. The van der Waals surface area contributed by atoms with Crippen LogP contribution in [0.3, 0.4) is 0 Å². The Morgan fingerprint density at radius 2 is 2.06 bits per heavy atom. The molecule has 1 aliphatic heterocycles. The summed E-state index contributed by atoms with van der Waals surface area (Å²) in [6.45, 7) is 6.13. The topological polar surface area (TPSA) is 55.8 Å². The molecule has 0 spiro atoms. The highest BCUT2D eigenvalue weighted by Gasteiger charge is 2.31. The van der Waals surface area contributed by atoms with Gasteiger partial charge in [0.15, 0.2) is 5.78 Å². The summed E-state index contributed by atoms with van der Waals surface area (Å²) in [5.41, 5.74) is -0.513. The van der Waals surface area contributed by atoms with E-state index in [0.29, 0.717) is 13.0 Å². The highest BCUT2D eigenvalue weighted by Crippen LogP contribution is 2.14. The van der Waals surface area contributed by atoms with Gasteiger partial charge in [-0.05, 0) is 20.8 Å². The quantitative estimate of drug-likeness (QED) is 0.678. The first-order valence-corrected chi connectivity index (χ1v) is 5.37. The lowest BCUT2D eigenvalue weighted by molar-refractivity contribution is -0.133. The van der Waals surface area contributed by atoms with Gasteiger partial charge in [0.2, 0.25) is 0 Å². The molecule has 0 N–H and O–H groups in total. The third-order valence-electron chi connectivity index (χ3n) is 2.31. The molecule has 1 atom stereocenters. The maximum atomic E-state index is 11.7. The van der Waals surface area contributed by atoms with Crippen LogP contribution in [0.4, 0.5) is 4.79 Å². The van der Waals surface area contributed by atoms with E-state index in [2.05, 4.69) is 0 Å². The number of piperidine rings is 1. The summed E-state index contributed by atoms with van der Waals surface area (Å²) in [4.78, 5) is 24.6. The molecule has 0 aromatic rings. The summed E-state index contributed by atoms with van der Waals surface area (Å²) in [7, 11) is 1.47. The molecule has 16 heavy (non-hydrogen) atoms. The number of carbonyl (C=O) groups is 2. The lowest BCUT2D eigenvalue weighted by Gasteiger charge is -2.32. The van der Waals surface area contributed by atoms with Gasteiger partial charge in [-0.2, -0.15) is 0 Å². The van der Waals surface area contributed by atoms with Gasteiger partial charge >= 0.3 is 6.09 Å². The van der Waals surface area contributed by atoms with Crippen molar-refractivity contribution in [2.24, 2.45) is 0 Å². The van der Waals surface area contributed by atoms with Gasteiger partial charge in [0, 0.05) is 20.1 Å². The van der Waals surface area contributed by atoms with Crippen LogP contribution in [0.1, 0.15) is 27.2 Å². The van der Waals surface area contributed by atoms with Crippen molar-refractivity contribution in [3.63, 3.8) is 0 Å². The number of nitrogens with zero attached hydrogens (tertiary/aromatic N) is 1. The molecule has 1 amide bonds. The Hall–Kier alpha value is -1.10. The number of ether oxygens (including phenoxy) is 2. The fourth-order valence-corrected chi connectivity index (χ4v) is 1.50. The predicted octanol–water partition coefficient (Wildman–Crippen LogP) is 1.21. The van der Waals surface area contributed by atoms with Crippen molar-refractivity contribution in [2.45, 2.75) is 38.9 Å². The Morgan fingerprint density at radius 3 is 2.56 bits per heavy atom. The predicted molar refractivity (Wildman–Crippen MR) is 58.2 cm³/mol. The summed E-state index contributed by atoms with van der Waals surface area (Å²) in [5.74, 6) is 0.0438. The third kappa shape index (κ3) is 3.48. The number of amides is 1. The van der Waals surface area contributed by atoms with Crippen LogP contribution in [0.2, 0.25) is 0 Å². The van der Waals surface area contributed by atoms with Crippen LogP contribution in [-0.4, -0.2) is 48.7 Å². The van der Waals surface area contributed by atoms with Gasteiger partial charge in [0.1, 0.15) is 11.7 Å². The van der Waals surface area contributed by atoms with Gasteiger partial charge in [-0.1, -0.05) is 0 Å². The molecule has 0 saturated carbocycles. The molecular weight excluding hydrogens is 210 g/mol. The van der Waals surface area contributed by atoms with Crippen molar-refractivity contribution in [1.29, 1.82) is 0 Å². The molecule has 0 radical (unpaired) electrons. The van der Waals surface area contributed by atoms with Crippen LogP contribution in [0.25, 0.3) is 0 Å². The third-order valence-corrected chi connectivity index (χ3v) is 2.31. The Bertz CT molecular complexity index is 282. The average molecular weight is 229 g/mol. The van der Waals surface area contributed by atoms with E-state index < -0.39 is 11.7 Å². The number of methoxy groups -OCH3 is 1. The molecule has 0 bridgehead atoms. The van der Waals surface area contributed by atoms with Crippen molar-refractivity contribution in [2.75, 3.05) is 20.2 Å². The highest BCUT2D eigenvalue weighted by molar-refractivity contribution is 5.85. The largest absolute Gasteiger partial charge is 0.444 e. The zero-order valence-corrected chi connectivity index (χ0v) is 10.3. The fraction of sp³-hybridized carbons (Fsp3) is 0.818. The number of likely N-dealkylation sites (tertiary alicyclic amines) is 1. The summed E-state index contributed by atoms with van der Waals surface area (Å²) in [6, 6.07) is 0. The van der Waals surface area contributed by atoms with Gasteiger partial charge < -0.3 is 14.4 Å². The maximum Gasteiger partial charge on any atom is 0.410 e. The van der Waals surface area contributed by atoms with Crippen molar-refractivity contribution >= 4 is 11.9 Å². The van der Waals surface area contributed by atoms with Crippen molar-refractivity contribution < 1.29 is 19.1 Å². The highest BCUT2D eigenvalue weighted by atomic mass is 16.6. The van der Waals surface area contributed by atoms with Gasteiger partial charge in [0.25, 0.3) is 0 Å². The van der Waals surface area contributed by atoms with Crippen molar-refractivity contribution in [1.82, 2.24) is 4.90 Å². The molecule has 0 unspecified atom stereocenters. The monoisotopic (exact) mass is 229 g/mol. The Kier molecular flexibility index (Phi) is 3.91. The molecule has 0 aliphatic carbocycles. The molecule has 1 rings (SSSR count). The van der Waals surface area contributed by atoms with Gasteiger partial charge in [-0.15, -0.1) is 0 Å². The molecule has 5 heteroatoms. The zero-order valence-electron chi connectivity index (χ0n) is 10.3. The van der Waals surface area contributed by atoms with E-state index in [-0.39, 0.29) is 18.4 Å². The molecule has 0 aromatic carbocycles. The first kappa shape index (κ1) is 13.0. The van der Waals surface area contributed by atoms with Crippen LogP contribution in [0.15, 0.2) is 0 Å². The number of rotatable bonds is 1. The summed E-state index contributed by atoms with van der Waals surface area (Å²) < 4.78 is 10.2. The number of Topliss-reactive ketones (excluding diaryl/α,β-unsaturated/α-hetero) is 1. The summed E-state index contributed by atoms with van der Waals surface area (Å²) in [6.07, 6.45) is -0.569. The molecule has 5 nitrogen and oxygen atoms in total. The van der Waals surface area contributed by atoms with Crippen LogP contribution in [0, 0.1) is 0 Å². The summed E-state index contributed by atoms with van der Waals surface area (Å²) >= 11 is 0. The van der Waals surface area contributed by atoms with Crippen LogP contribution < -0.4 is 0 Å². The summed E-state index contributed by atoms with van der Waals surface area (Å²) in [5, 5.41) is 0. The lowest BCUT2D eigenvalue weighted by atomic mass is 10.1. The van der Waals surface area contributed by atoms with E-state index in [0.717, 1.165) is 0 Å². The second-order valence-corrected chi connectivity index (χ2v) is 4.87. The van der Waals surface area contributed by atoms with Crippen LogP contribution in [0.5, 0.6) is 0 Å². The average Bonchev–Trinajstić information content (AvgIpc) is 2.15. The van der Waals surface area contributed by atoms with E-state index in [9.17, 15) is 9.59 Å². The van der Waals surface area contributed by atoms with E-state index >= 15 is 0 Å². The fourth-order valence-electron chi connectivity index (χ4n) is 1.50. The van der Waals surface area contributed by atoms with Crippen molar-refractivity contribution in [3.05, 3.63) is 0 Å². The lowest BCUT2D eigenvalue weighted by Crippen LogP contribution is -2.49. The van der Waals surface area contributed by atoms with Crippen LogP contribution >= 0.6 is 0 Å². The smallest absolute Gasteiger partial charge is 0.410 e. The maximum absolute atomic E-state index is 11.7. The minimum atomic E-state index is -0.513. The minimum absolute atomic E-state index is 0.0438. The van der Waals surface area contributed by atoms with E-state index in [1.807, 2.05) is 20.8 Å².